The molecule has 2 N–H and O–H groups in total. The monoisotopic (exact) mass is 336 g/mol. The third-order valence-corrected chi connectivity index (χ3v) is 4.61. The highest BCUT2D eigenvalue weighted by Crippen LogP contribution is 2.24. The molecule has 100 valence electrons. The Morgan fingerprint density at radius 2 is 2.11 bits per heavy atom. The molecule has 0 bridgehead atoms. The number of hydrogen-bond donors (Lipinski definition) is 1. The number of methoxy groups -OCH3 is 1. The molecule has 0 aliphatic rings. The van der Waals surface area contributed by atoms with Crippen molar-refractivity contribution >= 4 is 37.6 Å². The van der Waals surface area contributed by atoms with Gasteiger partial charge >= 0.3 is 5.97 Å². The lowest BCUT2D eigenvalue weighted by Crippen LogP contribution is -2.33. The zero-order valence-corrected chi connectivity index (χ0v) is 12.3. The highest BCUT2D eigenvalue weighted by Gasteiger charge is 2.25. The summed E-state index contributed by atoms with van der Waals surface area (Å²) in [5.41, 5.74) is 5.77. The number of esters is 1. The van der Waals surface area contributed by atoms with Gasteiger partial charge in [0.25, 0.3) is 0 Å². The number of nitrogen functional groups attached to an aromatic ring is 1. The van der Waals surface area contributed by atoms with Gasteiger partial charge in [-0.3, -0.25) is 4.79 Å². The van der Waals surface area contributed by atoms with Crippen LogP contribution in [0.15, 0.2) is 27.6 Å². The Kier molecular flexibility index (Phi) is 4.71. The first kappa shape index (κ1) is 14.9. The zero-order valence-electron chi connectivity index (χ0n) is 9.88. The van der Waals surface area contributed by atoms with Crippen LogP contribution < -0.4 is 5.73 Å². The lowest BCUT2D eigenvalue weighted by Gasteiger charge is -2.17. The van der Waals surface area contributed by atoms with E-state index in [4.69, 9.17) is 5.73 Å². The molecular formula is C10H13BrN2O4S. The van der Waals surface area contributed by atoms with Gasteiger partial charge in [0.1, 0.15) is 11.4 Å². The fourth-order valence-corrected chi connectivity index (χ4v) is 2.84. The van der Waals surface area contributed by atoms with Gasteiger partial charge in [-0.2, -0.15) is 4.31 Å². The van der Waals surface area contributed by atoms with Crippen LogP contribution in [0.2, 0.25) is 0 Å². The minimum atomic E-state index is -3.80. The molecule has 0 spiro atoms. The summed E-state index contributed by atoms with van der Waals surface area (Å²) >= 11 is 3.19. The van der Waals surface area contributed by atoms with Crippen LogP contribution in [0.5, 0.6) is 0 Å². The van der Waals surface area contributed by atoms with E-state index < -0.39 is 16.0 Å². The number of benzene rings is 1. The van der Waals surface area contributed by atoms with Gasteiger partial charge in [0.05, 0.1) is 12.8 Å². The van der Waals surface area contributed by atoms with Gasteiger partial charge in [-0.1, -0.05) is 15.9 Å². The largest absolute Gasteiger partial charge is 0.468 e. The predicted molar refractivity (Wildman–Crippen MR) is 70.4 cm³/mol. The smallest absolute Gasteiger partial charge is 0.321 e. The average Bonchev–Trinajstić information content (AvgIpc) is 2.28. The number of rotatable bonds is 4. The Morgan fingerprint density at radius 1 is 1.50 bits per heavy atom. The molecule has 1 rings (SSSR count). The predicted octanol–water partition coefficient (Wildman–Crippen LogP) is 0.825. The molecule has 8 heteroatoms. The number of halogens is 1. The number of ether oxygens (including phenoxy) is 1. The fourth-order valence-electron chi connectivity index (χ4n) is 1.25. The number of sulfonamides is 1. The fraction of sp³-hybridized carbons (Fsp3) is 0.300. The van der Waals surface area contributed by atoms with Crippen molar-refractivity contribution in [3.63, 3.8) is 0 Å². The Morgan fingerprint density at radius 3 is 2.61 bits per heavy atom. The summed E-state index contributed by atoms with van der Waals surface area (Å²) in [5.74, 6) is -0.642. The van der Waals surface area contributed by atoms with Crippen molar-refractivity contribution in [3.05, 3.63) is 22.7 Å². The Hall–Kier alpha value is -1.12. The first-order valence-corrected chi connectivity index (χ1v) is 7.10. The van der Waals surface area contributed by atoms with Crippen LogP contribution >= 0.6 is 15.9 Å². The molecule has 0 saturated heterocycles. The van der Waals surface area contributed by atoms with Crippen LogP contribution in [0.4, 0.5) is 5.69 Å². The Bertz CT molecular complexity index is 559. The van der Waals surface area contributed by atoms with Gasteiger partial charge < -0.3 is 10.5 Å². The summed E-state index contributed by atoms with van der Waals surface area (Å²) in [4.78, 5) is 11.0. The van der Waals surface area contributed by atoms with Gasteiger partial charge in [-0.05, 0) is 18.2 Å². The molecule has 18 heavy (non-hydrogen) atoms. The van der Waals surface area contributed by atoms with Gasteiger partial charge in [-0.25, -0.2) is 8.42 Å². The zero-order chi connectivity index (χ0) is 13.9. The average molecular weight is 337 g/mol. The maximum atomic E-state index is 12.1. The van der Waals surface area contributed by atoms with Gasteiger partial charge in [0.2, 0.25) is 10.0 Å². The molecule has 1 aromatic rings. The van der Waals surface area contributed by atoms with E-state index in [0.29, 0.717) is 4.47 Å². The van der Waals surface area contributed by atoms with Crippen molar-refractivity contribution in [3.8, 4) is 0 Å². The number of nitrogens with two attached hydrogens (primary N) is 1. The molecule has 0 radical (unpaired) electrons. The molecule has 0 fully saturated rings. The van der Waals surface area contributed by atoms with Crippen molar-refractivity contribution in [2.45, 2.75) is 4.90 Å². The van der Waals surface area contributed by atoms with E-state index in [2.05, 4.69) is 20.7 Å². The minimum absolute atomic E-state index is 0.0443. The van der Waals surface area contributed by atoms with E-state index in [1.54, 1.807) is 6.07 Å². The molecule has 0 saturated carbocycles. The van der Waals surface area contributed by atoms with Crippen LogP contribution in [0.25, 0.3) is 0 Å². The Labute approximate surface area is 114 Å². The molecular weight excluding hydrogens is 324 g/mol. The van der Waals surface area contributed by atoms with E-state index >= 15 is 0 Å². The van der Waals surface area contributed by atoms with Crippen LogP contribution in [0, 0.1) is 0 Å². The van der Waals surface area contributed by atoms with Crippen molar-refractivity contribution in [1.82, 2.24) is 4.31 Å². The van der Waals surface area contributed by atoms with Gasteiger partial charge in [0, 0.05) is 11.5 Å². The molecule has 0 aliphatic carbocycles. The quantitative estimate of drug-likeness (QED) is 0.649. The summed E-state index contributed by atoms with van der Waals surface area (Å²) in [6.45, 7) is -0.367. The SMILES string of the molecule is COC(=O)CN(C)S(=O)(=O)c1ccc(Br)cc1N. The van der Waals surface area contributed by atoms with Crippen LogP contribution in [0.1, 0.15) is 0 Å². The van der Waals surface area contributed by atoms with Crippen LogP contribution in [0.3, 0.4) is 0 Å². The standard InChI is InChI=1S/C10H13BrN2O4S/c1-13(6-10(14)17-2)18(15,16)9-4-3-7(11)5-8(9)12/h3-5H,6,12H2,1-2H3. The second-order valence-corrected chi connectivity index (χ2v) is 6.45. The lowest BCUT2D eigenvalue weighted by molar-refractivity contribution is -0.140. The summed E-state index contributed by atoms with van der Waals surface area (Å²) in [6.07, 6.45) is 0. The third-order valence-electron chi connectivity index (χ3n) is 2.24. The number of hydrogen-bond acceptors (Lipinski definition) is 5. The van der Waals surface area contributed by atoms with Crippen molar-refractivity contribution in [1.29, 1.82) is 0 Å². The molecule has 0 aliphatic heterocycles. The normalized spacial score (nSPS) is 11.6. The van der Waals surface area contributed by atoms with E-state index in [1.807, 2.05) is 0 Å². The van der Waals surface area contributed by atoms with Gasteiger partial charge in [-0.15, -0.1) is 0 Å². The first-order valence-electron chi connectivity index (χ1n) is 4.87. The Balaban J connectivity index is 3.09. The summed E-state index contributed by atoms with van der Waals surface area (Å²) in [6, 6.07) is 4.43. The highest BCUT2D eigenvalue weighted by molar-refractivity contribution is 9.10. The minimum Gasteiger partial charge on any atom is -0.468 e. The number of carbonyl (C=O) groups excluding carboxylic acids is 1. The van der Waals surface area contributed by atoms with Crippen molar-refractivity contribution in [2.24, 2.45) is 0 Å². The van der Waals surface area contributed by atoms with E-state index in [-0.39, 0.29) is 17.1 Å². The number of likely N-dealkylation sites (N-methyl/N-ethyl adjacent to an activating group) is 1. The summed E-state index contributed by atoms with van der Waals surface area (Å²) in [5, 5.41) is 0. The van der Waals surface area contributed by atoms with E-state index in [1.165, 1.54) is 26.3 Å². The lowest BCUT2D eigenvalue weighted by atomic mass is 10.3. The molecule has 0 aromatic heterocycles. The molecule has 6 nitrogen and oxygen atoms in total. The second kappa shape index (κ2) is 5.68. The van der Waals surface area contributed by atoms with Crippen molar-refractivity contribution in [2.75, 3.05) is 26.4 Å². The second-order valence-electron chi connectivity index (χ2n) is 3.52. The number of anilines is 1. The highest BCUT2D eigenvalue weighted by atomic mass is 79.9. The number of nitrogens with zero attached hydrogens (tertiary/aromatic N) is 1. The maximum Gasteiger partial charge on any atom is 0.321 e. The van der Waals surface area contributed by atoms with Crippen LogP contribution in [-0.2, 0) is 19.6 Å². The molecule has 0 heterocycles. The summed E-state index contributed by atoms with van der Waals surface area (Å²) in [7, 11) is -1.33. The molecule has 1 aromatic carbocycles. The molecule has 0 amide bonds. The third kappa shape index (κ3) is 3.21. The van der Waals surface area contributed by atoms with E-state index in [0.717, 1.165) is 4.31 Å². The first-order chi connectivity index (χ1) is 8.28. The molecule has 0 atom stereocenters. The van der Waals surface area contributed by atoms with Gasteiger partial charge in [0.15, 0.2) is 0 Å². The topological polar surface area (TPSA) is 89.7 Å². The van der Waals surface area contributed by atoms with Crippen molar-refractivity contribution < 1.29 is 17.9 Å². The number of carbonyl (C=O) groups is 1. The van der Waals surface area contributed by atoms with Crippen LogP contribution in [-0.4, -0.2) is 39.4 Å². The maximum absolute atomic E-state index is 12.1. The summed E-state index contributed by atoms with van der Waals surface area (Å²) < 4.78 is 30.3. The van der Waals surface area contributed by atoms with E-state index in [9.17, 15) is 13.2 Å². The molecule has 0 unspecified atom stereocenters.